The van der Waals surface area contributed by atoms with Crippen LogP contribution in [-0.4, -0.2) is 21.8 Å². The summed E-state index contributed by atoms with van der Waals surface area (Å²) in [5, 5.41) is 9.04. The van der Waals surface area contributed by atoms with Gasteiger partial charge in [0.2, 0.25) is 17.5 Å². The third kappa shape index (κ3) is 3.59. The molecule has 5 aliphatic rings. The van der Waals surface area contributed by atoms with E-state index in [9.17, 15) is 9.59 Å². The number of hydrogen-bond donors (Lipinski definition) is 0. The smallest absolute Gasteiger partial charge is 0.226 e. The highest BCUT2D eigenvalue weighted by Gasteiger charge is 2.71. The molecule has 3 fully saturated rings. The van der Waals surface area contributed by atoms with E-state index in [1.54, 1.807) is 0 Å². The summed E-state index contributed by atoms with van der Waals surface area (Å²) in [6, 6.07) is 0. The van der Waals surface area contributed by atoms with Gasteiger partial charge in [-0.2, -0.15) is 0 Å². The van der Waals surface area contributed by atoms with Crippen molar-refractivity contribution < 1.29 is 14.0 Å². The minimum absolute atomic E-state index is 0.0459. The quantitative estimate of drug-likeness (QED) is 0.356. The molecule has 218 valence electrons. The van der Waals surface area contributed by atoms with Gasteiger partial charge in [-0.1, -0.05) is 67.0 Å². The maximum absolute atomic E-state index is 14.6. The van der Waals surface area contributed by atoms with Crippen molar-refractivity contribution in [3.63, 3.8) is 0 Å². The highest BCUT2D eigenvalue weighted by molar-refractivity contribution is 6.08. The predicted molar refractivity (Wildman–Crippen MR) is 157 cm³/mol. The molecule has 3 saturated carbocycles. The Kier molecular flexibility index (Phi) is 6.09. The van der Waals surface area contributed by atoms with Crippen LogP contribution in [0.4, 0.5) is 0 Å². The topological polar surface area (TPSA) is 77.4 Å². The van der Waals surface area contributed by atoms with E-state index in [-0.39, 0.29) is 39.4 Å². The Hall–Kier alpha value is -2.55. The molecular formula is C35H45N3O3. The summed E-state index contributed by atoms with van der Waals surface area (Å²) in [5.74, 6) is 3.65. The Bertz CT molecular complexity index is 1420. The van der Waals surface area contributed by atoms with Gasteiger partial charge in [0.05, 0.1) is 17.9 Å². The van der Waals surface area contributed by atoms with Crippen LogP contribution in [0.5, 0.6) is 0 Å². The van der Waals surface area contributed by atoms with Gasteiger partial charge in [0.15, 0.2) is 11.6 Å². The molecule has 5 atom stereocenters. The van der Waals surface area contributed by atoms with Crippen molar-refractivity contribution in [1.82, 2.24) is 10.2 Å². The number of aromatic nitrogens is 2. The fourth-order valence-corrected chi connectivity index (χ4v) is 9.99. The summed E-state index contributed by atoms with van der Waals surface area (Å²) in [4.78, 5) is 31.6. The van der Waals surface area contributed by atoms with E-state index >= 15 is 0 Å². The molecule has 41 heavy (non-hydrogen) atoms. The van der Waals surface area contributed by atoms with Crippen molar-refractivity contribution in [2.45, 2.75) is 119 Å². The van der Waals surface area contributed by atoms with Gasteiger partial charge >= 0.3 is 0 Å². The van der Waals surface area contributed by atoms with Gasteiger partial charge in [-0.3, -0.25) is 4.79 Å². The number of Topliss-reactive ketones (excluding diaryl/α,β-unsaturated/α-hetero) is 1. The number of carbonyl (C=O) groups excluding carboxylic acids is 2. The summed E-state index contributed by atoms with van der Waals surface area (Å²) in [6.45, 7) is 25.4. The average Bonchev–Trinajstić information content (AvgIpc) is 3.37. The van der Waals surface area contributed by atoms with Crippen LogP contribution in [0.15, 0.2) is 27.8 Å². The first-order valence-corrected chi connectivity index (χ1v) is 15.6. The molecule has 0 amide bonds. The maximum atomic E-state index is 14.6. The molecule has 0 bridgehead atoms. The van der Waals surface area contributed by atoms with E-state index in [4.69, 9.17) is 11.0 Å². The maximum Gasteiger partial charge on any atom is 0.226 e. The molecule has 2 radical (unpaired) electrons. The second-order valence-corrected chi connectivity index (χ2v) is 15.7. The van der Waals surface area contributed by atoms with E-state index in [0.29, 0.717) is 11.8 Å². The molecule has 1 heterocycles. The fourth-order valence-electron chi connectivity index (χ4n) is 9.99. The number of allylic oxidation sites excluding steroid dienone is 4. The van der Waals surface area contributed by atoms with Gasteiger partial charge in [-0.15, -0.1) is 10.2 Å². The van der Waals surface area contributed by atoms with Gasteiger partial charge in [-0.05, 0) is 79.6 Å². The Labute approximate surface area is 245 Å². The van der Waals surface area contributed by atoms with Crippen LogP contribution in [0.3, 0.4) is 0 Å². The second-order valence-electron chi connectivity index (χ2n) is 15.7. The van der Waals surface area contributed by atoms with Crippen LogP contribution in [0.25, 0.3) is 4.85 Å². The second kappa shape index (κ2) is 8.74. The molecule has 6 heteroatoms. The van der Waals surface area contributed by atoms with Gasteiger partial charge in [0, 0.05) is 23.2 Å². The van der Waals surface area contributed by atoms with Crippen molar-refractivity contribution >= 4 is 11.6 Å². The fraction of sp³-hybridized carbons (Fsp3) is 0.686. The lowest BCUT2D eigenvalue weighted by Crippen LogP contribution is -2.64. The van der Waals surface area contributed by atoms with E-state index in [0.717, 1.165) is 69.3 Å². The first kappa shape index (κ1) is 28.6. The van der Waals surface area contributed by atoms with E-state index < -0.39 is 16.2 Å². The number of nitrogens with zero attached hydrogens (tertiary/aromatic N) is 3. The summed E-state index contributed by atoms with van der Waals surface area (Å²) in [5.41, 5.74) is -0.798. The molecule has 0 unspecified atom stereocenters. The number of aryl methyl sites for hydroxylation is 1. The van der Waals surface area contributed by atoms with Gasteiger partial charge in [0.1, 0.15) is 0 Å². The molecule has 1 aromatic rings. The monoisotopic (exact) mass is 555 g/mol. The Balaban J connectivity index is 1.51. The lowest BCUT2D eigenvalue weighted by Gasteiger charge is -2.68. The van der Waals surface area contributed by atoms with Crippen LogP contribution in [0, 0.1) is 51.4 Å². The van der Waals surface area contributed by atoms with Crippen molar-refractivity contribution in [2.75, 3.05) is 0 Å². The zero-order valence-corrected chi connectivity index (χ0v) is 26.2. The Morgan fingerprint density at radius 1 is 0.976 bits per heavy atom. The normalized spacial score (nSPS) is 39.9. The summed E-state index contributed by atoms with van der Waals surface area (Å²) in [7, 11) is 0. The first-order valence-electron chi connectivity index (χ1n) is 15.6. The molecule has 0 aliphatic heterocycles. The lowest BCUT2D eigenvalue weighted by atomic mass is 9.34. The minimum atomic E-state index is -0.655. The van der Waals surface area contributed by atoms with Crippen molar-refractivity contribution in [1.29, 1.82) is 0 Å². The molecule has 0 N–H and O–H groups in total. The van der Waals surface area contributed by atoms with Crippen molar-refractivity contribution in [3.8, 4) is 0 Å². The summed E-state index contributed by atoms with van der Waals surface area (Å²) in [6.07, 6.45) is 11.9. The average molecular weight is 556 g/mol. The number of hydrogen-bond acceptors (Lipinski definition) is 5. The predicted octanol–water partition coefficient (Wildman–Crippen LogP) is 7.76. The van der Waals surface area contributed by atoms with Crippen LogP contribution < -0.4 is 0 Å². The number of ketones is 2. The standard InChI is InChI=1S/C35H45N3O3/c1-10-11-26-37-38-29(41-26)35-16-14-30(2,3)19-21(35)27-23(39)18-25-32(6)20-22(36-9)28(40)31(4,5)24(32)12-13-33(25,7)34(27,8)15-17-35/h18,20,24H,10-17,19H2,1-8H3/t24-,32-,33+,34+,35-/m0/s1. The lowest BCUT2D eigenvalue weighted by molar-refractivity contribution is -0.133. The number of carbonyl (C=O) groups is 2. The van der Waals surface area contributed by atoms with Crippen LogP contribution >= 0.6 is 0 Å². The van der Waals surface area contributed by atoms with Crippen molar-refractivity contribution in [3.05, 3.63) is 58.5 Å². The molecule has 1 aromatic heterocycles. The highest BCUT2D eigenvalue weighted by atomic mass is 16.4. The first-order chi connectivity index (χ1) is 19.1. The molecule has 6 nitrogen and oxygen atoms in total. The van der Waals surface area contributed by atoms with E-state index in [2.05, 4.69) is 56.6 Å². The van der Waals surface area contributed by atoms with Gasteiger partial charge < -0.3 is 9.21 Å². The highest BCUT2D eigenvalue weighted by Crippen LogP contribution is 2.75. The van der Waals surface area contributed by atoms with E-state index in [1.165, 1.54) is 5.92 Å². The van der Waals surface area contributed by atoms with Crippen LogP contribution in [0.1, 0.15) is 119 Å². The third-order valence-electron chi connectivity index (χ3n) is 12.5. The zero-order chi connectivity index (χ0) is 29.8. The summed E-state index contributed by atoms with van der Waals surface area (Å²) < 4.78 is 6.36. The van der Waals surface area contributed by atoms with Crippen LogP contribution in [0.2, 0.25) is 0 Å². The van der Waals surface area contributed by atoms with E-state index in [1.807, 2.05) is 26.0 Å². The third-order valence-corrected chi connectivity index (χ3v) is 12.5. The molecule has 0 spiro atoms. The molecule has 5 aliphatic carbocycles. The molecule has 6 rings (SSSR count). The number of rotatable bonds is 3. The number of fused-ring (bicyclic) bond motifs is 7. The largest absolute Gasteiger partial charge is 0.425 e. The Morgan fingerprint density at radius 2 is 1.68 bits per heavy atom. The van der Waals surface area contributed by atoms with Gasteiger partial charge in [0.25, 0.3) is 0 Å². The molecule has 0 saturated heterocycles. The SMILES string of the molecule is [C-]#[N+]C1=C[C@]2(C)C3=CC(=O)[C]4[C]5CC(C)(C)CC[C@]5(c5nnc(CCC)o5)CC[C@@]4(C)[C@]3(C)CC[C@H]2C(C)(C)C1=O. The zero-order valence-electron chi connectivity index (χ0n) is 26.2. The Morgan fingerprint density at radius 3 is 2.37 bits per heavy atom. The summed E-state index contributed by atoms with van der Waals surface area (Å²) >= 11 is 0. The molecular weight excluding hydrogens is 510 g/mol. The minimum Gasteiger partial charge on any atom is -0.425 e. The molecule has 0 aromatic carbocycles. The van der Waals surface area contributed by atoms with Crippen LogP contribution in [-0.2, 0) is 21.4 Å². The van der Waals surface area contributed by atoms with Crippen molar-refractivity contribution in [2.24, 2.45) is 33.0 Å². The van der Waals surface area contributed by atoms with Gasteiger partial charge in [-0.25, -0.2) is 4.85 Å².